The second kappa shape index (κ2) is 7.12. The zero-order valence-corrected chi connectivity index (χ0v) is 17.0. The number of likely N-dealkylation sites (N-methyl/N-ethyl adjacent to an activating group) is 1. The number of hydrogen-bond donors (Lipinski definition) is 0. The lowest BCUT2D eigenvalue weighted by molar-refractivity contribution is 0.137. The fraction of sp³-hybridized carbons (Fsp3) is 0.381. The zero-order valence-electron chi connectivity index (χ0n) is 14.6. The fourth-order valence-corrected chi connectivity index (χ4v) is 6.21. The third kappa shape index (κ3) is 2.95. The molecule has 1 aromatic heterocycles. The molecule has 0 radical (unpaired) electrons. The van der Waals surface area contributed by atoms with Crippen LogP contribution in [0.4, 0.5) is 0 Å². The predicted octanol–water partition coefficient (Wildman–Crippen LogP) is 6.11. The minimum Gasteiger partial charge on any atom is -0.300 e. The van der Waals surface area contributed by atoms with E-state index >= 15 is 0 Å². The number of hydrogen-bond acceptors (Lipinski definition) is 3. The van der Waals surface area contributed by atoms with Crippen molar-refractivity contribution in [2.24, 2.45) is 0 Å². The Kier molecular flexibility index (Phi) is 5.00. The van der Waals surface area contributed by atoms with Crippen molar-refractivity contribution in [1.82, 2.24) is 9.88 Å². The molecule has 5 rings (SSSR count). The molecule has 26 heavy (non-hydrogen) atoms. The van der Waals surface area contributed by atoms with Crippen LogP contribution in [0.15, 0.2) is 48.5 Å². The predicted molar refractivity (Wildman–Crippen MR) is 113 cm³/mol. The molecule has 2 bridgehead atoms. The minimum atomic E-state index is 0. The van der Waals surface area contributed by atoms with E-state index in [4.69, 9.17) is 16.6 Å². The average Bonchev–Trinajstić information content (AvgIpc) is 3.14. The summed E-state index contributed by atoms with van der Waals surface area (Å²) < 4.78 is 1.30. The lowest BCUT2D eigenvalue weighted by Gasteiger charge is -2.42. The van der Waals surface area contributed by atoms with Gasteiger partial charge in [0.15, 0.2) is 0 Å². The summed E-state index contributed by atoms with van der Waals surface area (Å²) >= 11 is 8.01. The molecule has 5 heteroatoms. The van der Waals surface area contributed by atoms with Crippen molar-refractivity contribution in [2.75, 3.05) is 7.05 Å². The maximum atomic E-state index is 6.13. The quantitative estimate of drug-likeness (QED) is 0.512. The van der Waals surface area contributed by atoms with Crippen LogP contribution in [0.5, 0.6) is 0 Å². The van der Waals surface area contributed by atoms with Crippen LogP contribution in [0.25, 0.3) is 10.2 Å². The molecule has 0 N–H and O–H groups in total. The van der Waals surface area contributed by atoms with Gasteiger partial charge in [-0.1, -0.05) is 35.9 Å². The van der Waals surface area contributed by atoms with Crippen LogP contribution in [-0.2, 0) is 0 Å². The molecule has 0 aliphatic carbocycles. The summed E-state index contributed by atoms with van der Waals surface area (Å²) in [6.07, 6.45) is 3.81. The van der Waals surface area contributed by atoms with Crippen LogP contribution >= 0.6 is 35.3 Å². The monoisotopic (exact) mass is 404 g/mol. The molecule has 2 fully saturated rings. The number of benzene rings is 2. The Labute approximate surface area is 169 Å². The lowest BCUT2D eigenvalue weighted by Crippen LogP contribution is -2.44. The van der Waals surface area contributed by atoms with Crippen LogP contribution in [0.2, 0.25) is 5.02 Å². The van der Waals surface area contributed by atoms with Gasteiger partial charge in [0.1, 0.15) is 0 Å². The lowest BCUT2D eigenvalue weighted by atomic mass is 9.76. The van der Waals surface area contributed by atoms with Crippen molar-refractivity contribution in [2.45, 2.75) is 43.2 Å². The Morgan fingerprint density at radius 2 is 1.85 bits per heavy atom. The Balaban J connectivity index is 0.00000168. The number of halogens is 2. The molecule has 3 aromatic rings. The van der Waals surface area contributed by atoms with Crippen LogP contribution in [0.3, 0.4) is 0 Å². The summed E-state index contributed by atoms with van der Waals surface area (Å²) in [6, 6.07) is 18.3. The molecule has 2 aliphatic heterocycles. The van der Waals surface area contributed by atoms with Gasteiger partial charge in [-0.15, -0.1) is 23.7 Å². The second-order valence-corrected chi connectivity index (χ2v) is 8.90. The van der Waals surface area contributed by atoms with E-state index in [1.807, 2.05) is 23.5 Å². The Morgan fingerprint density at radius 3 is 2.62 bits per heavy atom. The first kappa shape index (κ1) is 18.2. The highest BCUT2D eigenvalue weighted by molar-refractivity contribution is 7.18. The molecule has 0 saturated carbocycles. The topological polar surface area (TPSA) is 16.1 Å². The molecule has 0 unspecified atom stereocenters. The maximum Gasteiger partial charge on any atom is 0.0991 e. The van der Waals surface area contributed by atoms with Gasteiger partial charge in [-0.05, 0) is 62.1 Å². The van der Waals surface area contributed by atoms with E-state index in [1.165, 1.54) is 34.5 Å². The minimum absolute atomic E-state index is 0. The van der Waals surface area contributed by atoms with E-state index < -0.39 is 0 Å². The van der Waals surface area contributed by atoms with Crippen molar-refractivity contribution in [3.8, 4) is 0 Å². The number of aromatic nitrogens is 1. The molecule has 2 aromatic carbocycles. The first-order chi connectivity index (χ1) is 12.2. The van der Waals surface area contributed by atoms with Crippen molar-refractivity contribution in [1.29, 1.82) is 0 Å². The van der Waals surface area contributed by atoms with Gasteiger partial charge in [-0.3, -0.25) is 4.90 Å². The van der Waals surface area contributed by atoms with Crippen LogP contribution in [0, 0.1) is 0 Å². The highest BCUT2D eigenvalue weighted by atomic mass is 35.5. The molecular weight excluding hydrogens is 383 g/mol. The van der Waals surface area contributed by atoms with E-state index in [0.717, 1.165) is 10.5 Å². The number of rotatable bonds is 2. The van der Waals surface area contributed by atoms with Gasteiger partial charge in [0.05, 0.1) is 15.2 Å². The van der Waals surface area contributed by atoms with Crippen molar-refractivity contribution >= 4 is 45.6 Å². The standard InChI is InChI=1S/C21H21ClN2S.ClH/c1-24-15-10-11-18(24)20(16(12-15)13-6-8-14(22)9-7-13)21-23-17-4-2-3-5-19(17)25-21;/h2-9,15-16,18,20H,10-12H2,1H3;1H/t15-,16+,18+,20-;/m0./s1. The largest absolute Gasteiger partial charge is 0.300 e. The van der Waals surface area contributed by atoms with E-state index in [1.54, 1.807) is 0 Å². The van der Waals surface area contributed by atoms with Crippen LogP contribution in [0.1, 0.15) is 41.7 Å². The molecule has 3 heterocycles. The third-order valence-corrected chi connectivity index (χ3v) is 7.55. The highest BCUT2D eigenvalue weighted by Gasteiger charge is 2.47. The normalized spacial score (nSPS) is 28.2. The summed E-state index contributed by atoms with van der Waals surface area (Å²) in [5.41, 5.74) is 2.55. The molecule has 0 spiro atoms. The third-order valence-electron chi connectivity index (χ3n) is 6.16. The summed E-state index contributed by atoms with van der Waals surface area (Å²) in [7, 11) is 2.31. The molecule has 4 atom stereocenters. The summed E-state index contributed by atoms with van der Waals surface area (Å²) in [5, 5.41) is 2.12. The Morgan fingerprint density at radius 1 is 1.08 bits per heavy atom. The summed E-state index contributed by atoms with van der Waals surface area (Å²) in [4.78, 5) is 7.66. The molecule has 2 saturated heterocycles. The smallest absolute Gasteiger partial charge is 0.0991 e. The first-order valence-corrected chi connectivity index (χ1v) is 10.2. The first-order valence-electron chi connectivity index (χ1n) is 9.03. The van der Waals surface area contributed by atoms with Crippen LogP contribution in [-0.4, -0.2) is 29.0 Å². The molecular formula is C21H22Cl2N2S. The van der Waals surface area contributed by atoms with Crippen molar-refractivity contribution < 1.29 is 0 Å². The van der Waals surface area contributed by atoms with Crippen molar-refractivity contribution in [3.63, 3.8) is 0 Å². The summed E-state index contributed by atoms with van der Waals surface area (Å²) in [5.74, 6) is 1.01. The number of piperidine rings is 1. The SMILES string of the molecule is CN1[C@H]2CC[C@@H]1[C@@H](c1nc3ccccc3s1)[C@@H](c1ccc(Cl)cc1)C2.Cl. The number of thiazole rings is 1. The summed E-state index contributed by atoms with van der Waals surface area (Å²) in [6.45, 7) is 0. The maximum absolute atomic E-state index is 6.13. The zero-order chi connectivity index (χ0) is 17.0. The highest BCUT2D eigenvalue weighted by Crippen LogP contribution is 2.52. The van der Waals surface area contributed by atoms with Gasteiger partial charge in [0.25, 0.3) is 0 Å². The van der Waals surface area contributed by atoms with E-state index in [2.05, 4.69) is 48.3 Å². The average molecular weight is 405 g/mol. The van der Waals surface area contributed by atoms with Gasteiger partial charge in [-0.2, -0.15) is 0 Å². The van der Waals surface area contributed by atoms with E-state index in [-0.39, 0.29) is 12.4 Å². The second-order valence-electron chi connectivity index (χ2n) is 7.40. The molecule has 136 valence electrons. The molecule has 2 nitrogen and oxygen atoms in total. The van der Waals surface area contributed by atoms with Crippen molar-refractivity contribution in [3.05, 3.63) is 64.1 Å². The Bertz CT molecular complexity index is 875. The van der Waals surface area contributed by atoms with E-state index in [0.29, 0.717) is 23.9 Å². The van der Waals surface area contributed by atoms with Gasteiger partial charge in [0, 0.05) is 23.0 Å². The fourth-order valence-electron chi connectivity index (χ4n) is 4.89. The van der Waals surface area contributed by atoms with Crippen LogP contribution < -0.4 is 0 Å². The van der Waals surface area contributed by atoms with Gasteiger partial charge >= 0.3 is 0 Å². The van der Waals surface area contributed by atoms with E-state index in [9.17, 15) is 0 Å². The van der Waals surface area contributed by atoms with Gasteiger partial charge in [0.2, 0.25) is 0 Å². The van der Waals surface area contributed by atoms with Gasteiger partial charge in [-0.25, -0.2) is 4.98 Å². The number of para-hydroxylation sites is 1. The molecule has 2 aliphatic rings. The Hall–Kier alpha value is -1.13. The number of fused-ring (bicyclic) bond motifs is 3. The number of nitrogens with zero attached hydrogens (tertiary/aromatic N) is 2. The van der Waals surface area contributed by atoms with Gasteiger partial charge < -0.3 is 0 Å². The molecule has 0 amide bonds.